The minimum absolute atomic E-state index is 0.00803. The van der Waals surface area contributed by atoms with Gasteiger partial charge in [-0.3, -0.25) is 14.5 Å². The third-order valence-electron chi connectivity index (χ3n) is 11.6. The maximum atomic E-state index is 12.8. The Morgan fingerprint density at radius 2 is 1.00 bits per heavy atom. The first kappa shape index (κ1) is 51.8. The summed E-state index contributed by atoms with van der Waals surface area (Å²) in [4.78, 5) is 27.0. The van der Waals surface area contributed by atoms with Gasteiger partial charge in [-0.05, 0) is 56.8 Å². The summed E-state index contributed by atoms with van der Waals surface area (Å²) in [6.45, 7) is 17.6. The first-order chi connectivity index (χ1) is 26.6. The van der Waals surface area contributed by atoms with Crippen molar-refractivity contribution in [3.8, 4) is 0 Å². The van der Waals surface area contributed by atoms with E-state index in [4.69, 9.17) is 9.47 Å². The minimum Gasteiger partial charge on any atom is -0.460 e. The number of esters is 2. The molecule has 0 aromatic heterocycles. The van der Waals surface area contributed by atoms with Crippen molar-refractivity contribution in [3.05, 3.63) is 0 Å². The van der Waals surface area contributed by atoms with Gasteiger partial charge in [-0.15, -0.1) is 0 Å². The van der Waals surface area contributed by atoms with E-state index in [0.717, 1.165) is 58.0 Å². The molecule has 55 heavy (non-hydrogen) atoms. The van der Waals surface area contributed by atoms with Crippen LogP contribution in [0.1, 0.15) is 235 Å². The Morgan fingerprint density at radius 3 is 1.45 bits per heavy atom. The number of ether oxygens (including phenoxy) is 2. The van der Waals surface area contributed by atoms with Gasteiger partial charge in [-0.1, -0.05) is 190 Å². The van der Waals surface area contributed by atoms with E-state index in [1.807, 2.05) is 0 Å². The number of nitrogens with one attached hydrogen (secondary N) is 1. The number of hydrogen-bond donors (Lipinski definition) is 2. The smallest absolute Gasteiger partial charge is 0.323 e. The second-order valence-corrected chi connectivity index (χ2v) is 18.3. The summed E-state index contributed by atoms with van der Waals surface area (Å²) in [5.41, 5.74) is 0. The Hall–Kier alpha value is -1.18. The molecule has 0 amide bonds. The molecule has 2 heterocycles. The van der Waals surface area contributed by atoms with Gasteiger partial charge in [0.1, 0.15) is 24.3 Å². The van der Waals surface area contributed by atoms with E-state index in [1.54, 1.807) is 0 Å². The molecule has 0 saturated carbocycles. The average molecular weight is 779 g/mol. The van der Waals surface area contributed by atoms with Crippen LogP contribution in [-0.2, 0) is 19.1 Å². The largest absolute Gasteiger partial charge is 0.460 e. The highest BCUT2D eigenvalue weighted by atomic mass is 16.6. The standard InChI is InChI=1S/C30H59NO3.C18H35NO2/c1-5-7-9-11-13-15-17-19-21-27(32)24-31-25-28(34-30(33)29(31)23-26(3)4)22-20-18-16-14-12-10-8-6-2;1-4-5-6-7-8-9-10-11-12-16-14-19-17(13-15(2)3)18(20)21-16/h26-29,32H,5-25H2,1-4H3;15-17,19H,4-14H2,1-3H3. The van der Waals surface area contributed by atoms with Crippen LogP contribution in [0.5, 0.6) is 0 Å². The average Bonchev–Trinajstić information content (AvgIpc) is 3.14. The van der Waals surface area contributed by atoms with Crippen LogP contribution in [0.2, 0.25) is 0 Å². The Kier molecular flexibility index (Phi) is 32.8. The molecule has 0 radical (unpaired) electrons. The lowest BCUT2D eigenvalue weighted by atomic mass is 9.98. The lowest BCUT2D eigenvalue weighted by molar-refractivity contribution is -0.169. The number of carbonyl (C=O) groups is 2. The number of hydrogen-bond acceptors (Lipinski definition) is 7. The minimum atomic E-state index is -0.343. The first-order valence-electron chi connectivity index (χ1n) is 24.2. The van der Waals surface area contributed by atoms with Crippen molar-refractivity contribution in [2.24, 2.45) is 11.8 Å². The van der Waals surface area contributed by atoms with Gasteiger partial charge in [-0.25, -0.2) is 0 Å². The third kappa shape index (κ3) is 28.0. The van der Waals surface area contributed by atoms with Crippen LogP contribution >= 0.6 is 0 Å². The quantitative estimate of drug-likeness (QED) is 0.0506. The molecule has 0 spiro atoms. The summed E-state index contributed by atoms with van der Waals surface area (Å²) in [5.74, 6) is 0.858. The summed E-state index contributed by atoms with van der Waals surface area (Å²) in [7, 11) is 0. The van der Waals surface area contributed by atoms with E-state index in [-0.39, 0.29) is 42.3 Å². The van der Waals surface area contributed by atoms with Crippen LogP contribution in [0.15, 0.2) is 0 Å². The molecule has 0 aromatic carbocycles. The number of carbonyl (C=O) groups excluding carboxylic acids is 2. The number of β-amino-alcohol motifs (C(OH)–C–C–N with tert-alkyl or cyclic N) is 1. The zero-order valence-corrected chi connectivity index (χ0v) is 37.7. The lowest BCUT2D eigenvalue weighted by Crippen LogP contribution is -2.55. The monoisotopic (exact) mass is 779 g/mol. The van der Waals surface area contributed by atoms with Crippen molar-refractivity contribution in [1.29, 1.82) is 0 Å². The molecule has 0 aromatic rings. The molecular formula is C48H94N2O5. The van der Waals surface area contributed by atoms with E-state index in [0.29, 0.717) is 18.4 Å². The number of unbranched alkanes of at least 4 members (excludes halogenated alkanes) is 21. The Labute approximate surface area is 342 Å². The molecule has 7 heteroatoms. The second-order valence-electron chi connectivity index (χ2n) is 18.3. The SMILES string of the molecule is CCCCCCCCCCC(O)CN1CC(CCCCCCCCCC)OC(=O)C1CC(C)C.CCCCCCCCCCC1CNC(CC(C)C)C(=O)O1. The number of aliphatic hydroxyl groups excluding tert-OH is 1. The highest BCUT2D eigenvalue weighted by Crippen LogP contribution is 2.24. The molecule has 2 aliphatic heterocycles. The van der Waals surface area contributed by atoms with Gasteiger partial charge >= 0.3 is 11.9 Å². The van der Waals surface area contributed by atoms with Crippen LogP contribution in [-0.4, -0.2) is 72.0 Å². The van der Waals surface area contributed by atoms with Crippen molar-refractivity contribution < 1.29 is 24.2 Å². The number of rotatable bonds is 33. The second kappa shape index (κ2) is 34.8. The molecule has 5 unspecified atom stereocenters. The van der Waals surface area contributed by atoms with Gasteiger partial charge in [0.05, 0.1) is 6.10 Å². The molecule has 326 valence electrons. The molecule has 0 aliphatic carbocycles. The molecular weight excluding hydrogens is 685 g/mol. The Bertz CT molecular complexity index is 896. The van der Waals surface area contributed by atoms with Gasteiger partial charge in [0.2, 0.25) is 0 Å². The van der Waals surface area contributed by atoms with Crippen LogP contribution in [0.4, 0.5) is 0 Å². The van der Waals surface area contributed by atoms with Gasteiger partial charge in [0.15, 0.2) is 0 Å². The van der Waals surface area contributed by atoms with Gasteiger partial charge in [0, 0.05) is 19.6 Å². The fraction of sp³-hybridized carbons (Fsp3) is 0.958. The van der Waals surface area contributed by atoms with Gasteiger partial charge in [0.25, 0.3) is 0 Å². The van der Waals surface area contributed by atoms with E-state index in [2.05, 4.69) is 58.7 Å². The molecule has 2 saturated heterocycles. The molecule has 0 bridgehead atoms. The predicted octanol–water partition coefficient (Wildman–Crippen LogP) is 12.5. The fourth-order valence-corrected chi connectivity index (χ4v) is 8.21. The third-order valence-corrected chi connectivity index (χ3v) is 11.6. The van der Waals surface area contributed by atoms with Gasteiger partial charge in [-0.2, -0.15) is 0 Å². The predicted molar refractivity (Wildman–Crippen MR) is 234 cm³/mol. The topological polar surface area (TPSA) is 88.1 Å². The van der Waals surface area contributed by atoms with Gasteiger partial charge < -0.3 is 19.9 Å². The number of nitrogens with zero attached hydrogens (tertiary/aromatic N) is 1. The summed E-state index contributed by atoms with van der Waals surface area (Å²) < 4.78 is 11.4. The number of cyclic esters (lactones) is 2. The molecule has 2 N–H and O–H groups in total. The van der Waals surface area contributed by atoms with E-state index < -0.39 is 0 Å². The summed E-state index contributed by atoms with van der Waals surface area (Å²) in [6, 6.07) is -0.275. The Morgan fingerprint density at radius 1 is 0.582 bits per heavy atom. The Balaban J connectivity index is 0.000000615. The molecule has 2 rings (SSSR count). The van der Waals surface area contributed by atoms with Crippen molar-refractivity contribution in [2.75, 3.05) is 19.6 Å². The maximum Gasteiger partial charge on any atom is 0.323 e. The lowest BCUT2D eigenvalue weighted by Gasteiger charge is -2.40. The van der Waals surface area contributed by atoms with Crippen LogP contribution in [0.3, 0.4) is 0 Å². The zero-order valence-electron chi connectivity index (χ0n) is 37.7. The highest BCUT2D eigenvalue weighted by molar-refractivity contribution is 5.77. The van der Waals surface area contributed by atoms with E-state index in [9.17, 15) is 14.7 Å². The fourth-order valence-electron chi connectivity index (χ4n) is 8.21. The zero-order chi connectivity index (χ0) is 40.5. The first-order valence-corrected chi connectivity index (χ1v) is 24.2. The van der Waals surface area contributed by atoms with Crippen LogP contribution in [0.25, 0.3) is 0 Å². The van der Waals surface area contributed by atoms with Crippen molar-refractivity contribution in [2.45, 2.75) is 265 Å². The highest BCUT2D eigenvalue weighted by Gasteiger charge is 2.37. The number of morpholine rings is 2. The summed E-state index contributed by atoms with van der Waals surface area (Å²) >= 11 is 0. The molecule has 5 atom stereocenters. The summed E-state index contributed by atoms with van der Waals surface area (Å²) in [6.07, 6.45) is 35.5. The normalized spacial score (nSPS) is 21.1. The van der Waals surface area contributed by atoms with E-state index in [1.165, 1.54) is 141 Å². The van der Waals surface area contributed by atoms with E-state index >= 15 is 0 Å². The summed E-state index contributed by atoms with van der Waals surface area (Å²) in [5, 5.41) is 14.1. The molecule has 2 aliphatic rings. The van der Waals surface area contributed by atoms with Crippen molar-refractivity contribution >= 4 is 11.9 Å². The van der Waals surface area contributed by atoms with Crippen LogP contribution in [0, 0.1) is 11.8 Å². The number of aliphatic hydroxyl groups is 1. The van der Waals surface area contributed by atoms with Crippen molar-refractivity contribution in [3.63, 3.8) is 0 Å². The van der Waals surface area contributed by atoms with Crippen LogP contribution < -0.4 is 5.32 Å². The van der Waals surface area contributed by atoms with Crippen molar-refractivity contribution in [1.82, 2.24) is 10.2 Å². The molecule has 2 fully saturated rings. The molecule has 7 nitrogen and oxygen atoms in total. The maximum absolute atomic E-state index is 12.8.